The summed E-state index contributed by atoms with van der Waals surface area (Å²) >= 11 is 4.98. The number of fused-ring (bicyclic) bond motifs is 1. The van der Waals surface area contributed by atoms with Crippen molar-refractivity contribution in [2.75, 3.05) is 31.1 Å². The molecule has 1 saturated heterocycles. The van der Waals surface area contributed by atoms with Crippen LogP contribution < -0.4 is 4.90 Å². The molecule has 1 amide bonds. The summed E-state index contributed by atoms with van der Waals surface area (Å²) in [5, 5.41) is 1.99. The van der Waals surface area contributed by atoms with E-state index < -0.39 is 0 Å². The van der Waals surface area contributed by atoms with E-state index in [1.54, 1.807) is 17.5 Å². The highest BCUT2D eigenvalue weighted by Crippen LogP contribution is 2.17. The first kappa shape index (κ1) is 15.6. The Kier molecular flexibility index (Phi) is 4.24. The Labute approximate surface area is 151 Å². The third kappa shape index (κ3) is 3.16. The van der Waals surface area contributed by atoms with Crippen LogP contribution in [0.3, 0.4) is 0 Å². The minimum absolute atomic E-state index is 0.143. The molecule has 1 aliphatic rings. The summed E-state index contributed by atoms with van der Waals surface area (Å²) in [6, 6.07) is 3.99. The van der Waals surface area contributed by atoms with Crippen molar-refractivity contribution in [1.29, 1.82) is 0 Å². The molecule has 0 spiro atoms. The van der Waals surface area contributed by atoms with Crippen LogP contribution in [0.4, 0.5) is 5.82 Å². The van der Waals surface area contributed by atoms with E-state index in [0.29, 0.717) is 6.42 Å². The number of hydrogen-bond donors (Lipinski definition) is 0. The average Bonchev–Trinajstić information content (AvgIpc) is 3.17. The second-order valence-corrected chi connectivity index (χ2v) is 7.49. The number of hydrogen-bond acceptors (Lipinski definition) is 5. The summed E-state index contributed by atoms with van der Waals surface area (Å²) < 4.78 is 2.93. The standard InChI is InChI=1S/C16H16BrN5OS/c17-12-1-2-14(18-10-12)20-3-5-21(6-4-20)15(23)9-13-11-22-7-8-24-16(22)19-13/h1-2,7-8,10-11H,3-6,9H2. The van der Waals surface area contributed by atoms with Gasteiger partial charge in [0.1, 0.15) is 5.82 Å². The number of imidazole rings is 1. The van der Waals surface area contributed by atoms with Crippen molar-refractivity contribution in [3.63, 3.8) is 0 Å². The molecule has 1 fully saturated rings. The third-order valence-electron chi connectivity index (χ3n) is 4.14. The normalized spacial score (nSPS) is 15.2. The number of carbonyl (C=O) groups is 1. The molecule has 0 bridgehead atoms. The van der Waals surface area contributed by atoms with Crippen molar-refractivity contribution in [1.82, 2.24) is 19.3 Å². The lowest BCUT2D eigenvalue weighted by Crippen LogP contribution is -2.49. The van der Waals surface area contributed by atoms with Crippen molar-refractivity contribution in [2.45, 2.75) is 6.42 Å². The molecule has 4 rings (SSSR count). The fourth-order valence-electron chi connectivity index (χ4n) is 2.87. The highest BCUT2D eigenvalue weighted by Gasteiger charge is 2.22. The van der Waals surface area contributed by atoms with Gasteiger partial charge in [0.05, 0.1) is 12.1 Å². The second kappa shape index (κ2) is 6.52. The first-order valence-electron chi connectivity index (χ1n) is 7.74. The van der Waals surface area contributed by atoms with Crippen LogP contribution in [0.2, 0.25) is 0 Å². The van der Waals surface area contributed by atoms with Gasteiger partial charge in [-0.05, 0) is 28.1 Å². The van der Waals surface area contributed by atoms with Crippen molar-refractivity contribution >= 4 is 44.0 Å². The second-order valence-electron chi connectivity index (χ2n) is 5.70. The number of halogens is 1. The Hall–Kier alpha value is -1.93. The van der Waals surface area contributed by atoms with Crippen LogP contribution in [-0.2, 0) is 11.2 Å². The number of carbonyl (C=O) groups excluding carboxylic acids is 1. The maximum absolute atomic E-state index is 12.5. The number of thiazole rings is 1. The summed E-state index contributed by atoms with van der Waals surface area (Å²) in [7, 11) is 0. The summed E-state index contributed by atoms with van der Waals surface area (Å²) in [5.41, 5.74) is 0.837. The van der Waals surface area contributed by atoms with Gasteiger partial charge in [0.25, 0.3) is 0 Å². The predicted molar refractivity (Wildman–Crippen MR) is 97.5 cm³/mol. The molecule has 0 atom stereocenters. The lowest BCUT2D eigenvalue weighted by Gasteiger charge is -2.35. The molecular weight excluding hydrogens is 390 g/mol. The zero-order valence-electron chi connectivity index (χ0n) is 12.9. The lowest BCUT2D eigenvalue weighted by molar-refractivity contribution is -0.130. The van der Waals surface area contributed by atoms with Crippen molar-refractivity contribution in [3.05, 3.63) is 46.3 Å². The largest absolute Gasteiger partial charge is 0.353 e. The Balaban J connectivity index is 1.35. The Morgan fingerprint density at radius 3 is 2.79 bits per heavy atom. The van der Waals surface area contributed by atoms with Gasteiger partial charge in [-0.1, -0.05) is 0 Å². The SMILES string of the molecule is O=C(Cc1cn2ccsc2n1)N1CCN(c2ccc(Br)cn2)CC1. The van der Waals surface area contributed by atoms with Gasteiger partial charge in [0.15, 0.2) is 4.96 Å². The molecule has 0 aromatic carbocycles. The molecule has 8 heteroatoms. The molecule has 3 aromatic rings. The summed E-state index contributed by atoms with van der Waals surface area (Å²) in [5.74, 6) is 1.10. The molecule has 4 heterocycles. The van der Waals surface area contributed by atoms with Crippen LogP contribution >= 0.6 is 27.3 Å². The molecule has 24 heavy (non-hydrogen) atoms. The van der Waals surface area contributed by atoms with Crippen LogP contribution in [0.1, 0.15) is 5.69 Å². The Morgan fingerprint density at radius 2 is 2.08 bits per heavy atom. The summed E-state index contributed by atoms with van der Waals surface area (Å²) in [6.07, 6.45) is 6.07. The highest BCUT2D eigenvalue weighted by molar-refractivity contribution is 9.10. The van der Waals surface area contributed by atoms with Gasteiger partial charge in [-0.2, -0.15) is 0 Å². The van der Waals surface area contributed by atoms with E-state index in [1.807, 2.05) is 39.2 Å². The molecule has 0 aliphatic carbocycles. The minimum atomic E-state index is 0.143. The predicted octanol–water partition coefficient (Wildman–Crippen LogP) is 2.44. The number of aromatic nitrogens is 3. The zero-order chi connectivity index (χ0) is 16.5. The van der Waals surface area contributed by atoms with E-state index in [1.165, 1.54) is 0 Å². The van der Waals surface area contributed by atoms with Crippen molar-refractivity contribution < 1.29 is 4.79 Å². The molecule has 3 aromatic heterocycles. The lowest BCUT2D eigenvalue weighted by atomic mass is 10.2. The van der Waals surface area contributed by atoms with E-state index in [2.05, 4.69) is 30.8 Å². The summed E-state index contributed by atoms with van der Waals surface area (Å²) in [6.45, 7) is 3.05. The smallest absolute Gasteiger partial charge is 0.228 e. The fourth-order valence-corrected chi connectivity index (χ4v) is 3.82. The topological polar surface area (TPSA) is 53.7 Å². The van der Waals surface area contributed by atoms with E-state index in [9.17, 15) is 4.79 Å². The minimum Gasteiger partial charge on any atom is -0.353 e. The molecule has 1 aliphatic heterocycles. The first-order valence-corrected chi connectivity index (χ1v) is 9.42. The van der Waals surface area contributed by atoms with Crippen molar-refractivity contribution in [2.24, 2.45) is 0 Å². The third-order valence-corrected chi connectivity index (χ3v) is 5.38. The Morgan fingerprint density at radius 1 is 1.25 bits per heavy atom. The average molecular weight is 406 g/mol. The van der Waals surface area contributed by atoms with Gasteiger partial charge >= 0.3 is 0 Å². The quantitative estimate of drug-likeness (QED) is 0.671. The van der Waals surface area contributed by atoms with E-state index >= 15 is 0 Å². The molecule has 0 saturated carbocycles. The van der Waals surface area contributed by atoms with Gasteiger partial charge in [-0.15, -0.1) is 11.3 Å². The van der Waals surface area contributed by atoms with Crippen LogP contribution in [-0.4, -0.2) is 51.4 Å². The number of nitrogens with zero attached hydrogens (tertiary/aromatic N) is 5. The maximum atomic E-state index is 12.5. The number of pyridine rings is 1. The summed E-state index contributed by atoms with van der Waals surface area (Å²) in [4.78, 5) is 26.5. The zero-order valence-corrected chi connectivity index (χ0v) is 15.3. The number of rotatable bonds is 3. The molecule has 0 radical (unpaired) electrons. The first-order chi connectivity index (χ1) is 11.7. The fraction of sp³-hybridized carbons (Fsp3) is 0.312. The van der Waals surface area contributed by atoms with Gasteiger partial charge in [-0.3, -0.25) is 9.20 Å². The monoisotopic (exact) mass is 405 g/mol. The molecular formula is C16H16BrN5OS. The van der Waals surface area contributed by atoms with Gasteiger partial charge in [0, 0.05) is 54.6 Å². The number of amides is 1. The highest BCUT2D eigenvalue weighted by atomic mass is 79.9. The maximum Gasteiger partial charge on any atom is 0.228 e. The van der Waals surface area contributed by atoms with Gasteiger partial charge in [0.2, 0.25) is 5.91 Å². The van der Waals surface area contributed by atoms with Crippen LogP contribution in [0.25, 0.3) is 4.96 Å². The van der Waals surface area contributed by atoms with E-state index in [-0.39, 0.29) is 5.91 Å². The van der Waals surface area contributed by atoms with E-state index in [4.69, 9.17) is 0 Å². The van der Waals surface area contributed by atoms with E-state index in [0.717, 1.165) is 47.1 Å². The van der Waals surface area contributed by atoms with Crippen LogP contribution in [0.15, 0.2) is 40.6 Å². The van der Waals surface area contributed by atoms with Gasteiger partial charge < -0.3 is 9.80 Å². The Bertz CT molecular complexity index is 822. The molecule has 124 valence electrons. The molecule has 0 N–H and O–H groups in total. The molecule has 6 nitrogen and oxygen atoms in total. The van der Waals surface area contributed by atoms with Crippen molar-refractivity contribution in [3.8, 4) is 0 Å². The van der Waals surface area contributed by atoms with Gasteiger partial charge in [-0.25, -0.2) is 9.97 Å². The molecule has 0 unspecified atom stereocenters. The van der Waals surface area contributed by atoms with Crippen LogP contribution in [0.5, 0.6) is 0 Å². The van der Waals surface area contributed by atoms with Crippen LogP contribution in [0, 0.1) is 0 Å². The number of piperazine rings is 1. The number of anilines is 1.